The first-order valence-corrected chi connectivity index (χ1v) is 6.90. The van der Waals surface area contributed by atoms with Gasteiger partial charge in [0, 0.05) is 25.1 Å². The fraction of sp³-hybridized carbons (Fsp3) is 0.385. The van der Waals surface area contributed by atoms with Gasteiger partial charge in [-0.15, -0.1) is 0 Å². The normalized spacial score (nSPS) is 17.5. The van der Waals surface area contributed by atoms with Crippen LogP contribution in [0, 0.1) is 0 Å². The molecule has 1 fully saturated rings. The second kappa shape index (κ2) is 6.29. The van der Waals surface area contributed by atoms with Crippen LogP contribution in [0.1, 0.15) is 5.69 Å². The van der Waals surface area contributed by atoms with Crippen molar-refractivity contribution in [2.45, 2.75) is 19.1 Å². The minimum absolute atomic E-state index is 0.0561. The zero-order valence-corrected chi connectivity index (χ0v) is 11.8. The van der Waals surface area contributed by atoms with Gasteiger partial charge in [-0.1, -0.05) is 0 Å². The van der Waals surface area contributed by atoms with E-state index >= 15 is 0 Å². The lowest BCUT2D eigenvalue weighted by atomic mass is 10.2. The number of rotatable bonds is 6. The lowest BCUT2D eigenvalue weighted by molar-refractivity contribution is -0.125. The Balaban J connectivity index is 1.54. The summed E-state index contributed by atoms with van der Waals surface area (Å²) in [6.07, 6.45) is 6.13. The fourth-order valence-electron chi connectivity index (χ4n) is 2.24. The highest BCUT2D eigenvalue weighted by molar-refractivity contribution is 5.87. The number of hydrogen-bond acceptors (Lipinski definition) is 5. The number of aromatic amines is 1. The molecule has 0 aromatic carbocycles. The van der Waals surface area contributed by atoms with E-state index in [1.165, 1.54) is 11.2 Å². The molecule has 1 atom stereocenters. The maximum atomic E-state index is 12.2. The molecule has 9 nitrogen and oxygen atoms in total. The smallest absolute Gasteiger partial charge is 0.411 e. The largest absolute Gasteiger partial charge is 0.447 e. The van der Waals surface area contributed by atoms with Gasteiger partial charge in [0.05, 0.1) is 25.1 Å². The number of H-pyrrole nitrogens is 1. The number of imidazole rings is 1. The topological polar surface area (TPSA) is 105 Å². The Morgan fingerprint density at radius 3 is 3.18 bits per heavy atom. The van der Waals surface area contributed by atoms with Gasteiger partial charge < -0.3 is 15.0 Å². The third-order valence-electron chi connectivity index (χ3n) is 3.37. The Morgan fingerprint density at radius 2 is 2.45 bits per heavy atom. The molecule has 2 aromatic heterocycles. The molecule has 1 aliphatic rings. The van der Waals surface area contributed by atoms with Crippen molar-refractivity contribution in [3.63, 3.8) is 0 Å². The second-order valence-electron chi connectivity index (χ2n) is 4.86. The van der Waals surface area contributed by atoms with Crippen molar-refractivity contribution < 1.29 is 14.3 Å². The van der Waals surface area contributed by atoms with E-state index in [1.807, 2.05) is 12.3 Å². The van der Waals surface area contributed by atoms with Crippen LogP contribution in [0.3, 0.4) is 0 Å². The summed E-state index contributed by atoms with van der Waals surface area (Å²) in [5, 5.41) is 6.85. The molecule has 1 aliphatic heterocycles. The van der Waals surface area contributed by atoms with Crippen molar-refractivity contribution in [3.05, 3.63) is 36.7 Å². The summed E-state index contributed by atoms with van der Waals surface area (Å²) in [5.41, 5.74) is 0.744. The van der Waals surface area contributed by atoms with Gasteiger partial charge in [-0.05, 0) is 6.07 Å². The Kier molecular flexibility index (Phi) is 4.03. The molecule has 0 spiro atoms. The van der Waals surface area contributed by atoms with Crippen LogP contribution < -0.4 is 5.32 Å². The summed E-state index contributed by atoms with van der Waals surface area (Å²) in [6, 6.07) is 1.19. The molecule has 3 heterocycles. The number of amides is 2. The number of aromatic nitrogens is 4. The summed E-state index contributed by atoms with van der Waals surface area (Å²) in [7, 11) is 0. The standard InChI is InChI=1S/C13H16N6O3/c20-12(15-3-5-18-4-1-2-17-18)11-8-22-13(21)19(11)7-10-6-14-9-16-10/h1-2,4,6,9,11H,3,5,7-8H2,(H,14,16)(H,15,20)/t11-/m0/s1. The van der Waals surface area contributed by atoms with E-state index in [0.717, 1.165) is 5.69 Å². The maximum absolute atomic E-state index is 12.2. The van der Waals surface area contributed by atoms with Crippen molar-refractivity contribution in [1.82, 2.24) is 30.0 Å². The van der Waals surface area contributed by atoms with Gasteiger partial charge in [-0.25, -0.2) is 9.78 Å². The number of ether oxygens (including phenoxy) is 1. The van der Waals surface area contributed by atoms with Gasteiger partial charge in [0.2, 0.25) is 5.91 Å². The molecule has 22 heavy (non-hydrogen) atoms. The average molecular weight is 304 g/mol. The zero-order valence-electron chi connectivity index (χ0n) is 11.8. The number of nitrogens with one attached hydrogen (secondary N) is 2. The molecule has 2 aromatic rings. The molecule has 0 aliphatic carbocycles. The summed E-state index contributed by atoms with van der Waals surface area (Å²) >= 11 is 0. The van der Waals surface area contributed by atoms with E-state index in [2.05, 4.69) is 20.4 Å². The Bertz CT molecular complexity index is 624. The molecule has 0 saturated carbocycles. The molecule has 3 rings (SSSR count). The van der Waals surface area contributed by atoms with E-state index in [1.54, 1.807) is 17.1 Å². The summed E-state index contributed by atoms with van der Waals surface area (Å²) in [4.78, 5) is 32.1. The van der Waals surface area contributed by atoms with Crippen molar-refractivity contribution in [1.29, 1.82) is 0 Å². The summed E-state index contributed by atoms with van der Waals surface area (Å²) < 4.78 is 6.70. The first kappa shape index (κ1) is 14.1. The molecule has 2 N–H and O–H groups in total. The monoisotopic (exact) mass is 304 g/mol. The van der Waals surface area contributed by atoms with Crippen molar-refractivity contribution in [2.24, 2.45) is 0 Å². The third-order valence-corrected chi connectivity index (χ3v) is 3.37. The highest BCUT2D eigenvalue weighted by Gasteiger charge is 2.38. The van der Waals surface area contributed by atoms with Crippen molar-refractivity contribution in [3.8, 4) is 0 Å². The van der Waals surface area contributed by atoms with Crippen LogP contribution in [0.2, 0.25) is 0 Å². The molecule has 2 amide bonds. The number of hydrogen-bond donors (Lipinski definition) is 2. The van der Waals surface area contributed by atoms with Gasteiger partial charge in [-0.2, -0.15) is 5.10 Å². The number of carbonyl (C=O) groups is 2. The first-order chi connectivity index (χ1) is 10.7. The van der Waals surface area contributed by atoms with Crippen molar-refractivity contribution in [2.75, 3.05) is 13.2 Å². The minimum atomic E-state index is -0.631. The molecular weight excluding hydrogens is 288 g/mol. The highest BCUT2D eigenvalue weighted by Crippen LogP contribution is 2.15. The Hall–Kier alpha value is -2.84. The Labute approximate surface area is 126 Å². The molecule has 0 radical (unpaired) electrons. The highest BCUT2D eigenvalue weighted by atomic mass is 16.6. The van der Waals surface area contributed by atoms with Crippen LogP contribution in [-0.4, -0.2) is 55.8 Å². The maximum Gasteiger partial charge on any atom is 0.411 e. The third kappa shape index (κ3) is 3.08. The minimum Gasteiger partial charge on any atom is -0.447 e. The van der Waals surface area contributed by atoms with E-state index in [-0.39, 0.29) is 19.1 Å². The van der Waals surface area contributed by atoms with Crippen LogP contribution in [0.4, 0.5) is 4.79 Å². The number of cyclic esters (lactones) is 1. The van der Waals surface area contributed by atoms with Crippen LogP contribution in [-0.2, 0) is 22.6 Å². The lowest BCUT2D eigenvalue weighted by Crippen LogP contribution is -2.46. The van der Waals surface area contributed by atoms with Crippen LogP contribution in [0.5, 0.6) is 0 Å². The fourth-order valence-corrected chi connectivity index (χ4v) is 2.24. The quantitative estimate of drug-likeness (QED) is 0.765. The van der Waals surface area contributed by atoms with Gasteiger partial charge in [-0.3, -0.25) is 14.4 Å². The lowest BCUT2D eigenvalue weighted by Gasteiger charge is -2.19. The van der Waals surface area contributed by atoms with E-state index in [4.69, 9.17) is 4.74 Å². The molecule has 9 heteroatoms. The molecule has 0 unspecified atom stereocenters. The van der Waals surface area contributed by atoms with Gasteiger partial charge in [0.1, 0.15) is 12.6 Å². The van der Waals surface area contributed by atoms with E-state index in [9.17, 15) is 9.59 Å². The molecule has 1 saturated heterocycles. The first-order valence-electron chi connectivity index (χ1n) is 6.90. The van der Waals surface area contributed by atoms with E-state index < -0.39 is 12.1 Å². The van der Waals surface area contributed by atoms with Crippen LogP contribution in [0.15, 0.2) is 31.0 Å². The van der Waals surface area contributed by atoms with Crippen LogP contribution in [0.25, 0.3) is 0 Å². The summed E-state index contributed by atoms with van der Waals surface area (Å²) in [5.74, 6) is -0.238. The van der Waals surface area contributed by atoms with Crippen LogP contribution >= 0.6 is 0 Å². The molecule has 116 valence electrons. The van der Waals surface area contributed by atoms with Gasteiger partial charge in [0.25, 0.3) is 0 Å². The predicted octanol–water partition coefficient (Wildman–Crippen LogP) is -0.257. The average Bonchev–Trinajstić information content (AvgIpc) is 3.23. The number of nitrogens with zero attached hydrogens (tertiary/aromatic N) is 4. The van der Waals surface area contributed by atoms with Gasteiger partial charge in [0.15, 0.2) is 0 Å². The molecular formula is C13H16N6O3. The SMILES string of the molecule is O=C(NCCn1cccn1)[C@@H]1COC(=O)N1Cc1cnc[nH]1. The zero-order chi connectivity index (χ0) is 15.4. The second-order valence-corrected chi connectivity index (χ2v) is 4.86. The van der Waals surface area contributed by atoms with Gasteiger partial charge >= 0.3 is 6.09 Å². The summed E-state index contributed by atoms with van der Waals surface area (Å²) in [6.45, 7) is 1.32. The molecule has 0 bridgehead atoms. The predicted molar refractivity (Wildman–Crippen MR) is 74.5 cm³/mol. The van der Waals surface area contributed by atoms with Crippen molar-refractivity contribution >= 4 is 12.0 Å². The Morgan fingerprint density at radius 1 is 1.55 bits per heavy atom. The number of carbonyl (C=O) groups excluding carboxylic acids is 2. The van der Waals surface area contributed by atoms with E-state index in [0.29, 0.717) is 13.1 Å².